The third kappa shape index (κ3) is 6.55. The molecule has 0 bridgehead atoms. The lowest BCUT2D eigenvalue weighted by Crippen LogP contribution is -2.40. The average molecular weight is 505 g/mol. The van der Waals surface area contributed by atoms with Crippen molar-refractivity contribution >= 4 is 17.5 Å². The summed E-state index contributed by atoms with van der Waals surface area (Å²) in [5, 5.41) is 16.9. The Labute approximate surface area is 211 Å². The molecule has 8 nitrogen and oxygen atoms in total. The lowest BCUT2D eigenvalue weighted by molar-refractivity contribution is 0.0531. The fourth-order valence-electron chi connectivity index (χ4n) is 5.09. The fraction of sp³-hybridized carbons (Fsp3) is 0.615. The molecule has 35 heavy (non-hydrogen) atoms. The van der Waals surface area contributed by atoms with Gasteiger partial charge in [0.15, 0.2) is 0 Å². The van der Waals surface area contributed by atoms with Gasteiger partial charge in [0.1, 0.15) is 6.23 Å². The fourth-order valence-corrected chi connectivity index (χ4v) is 5.29. The van der Waals surface area contributed by atoms with Gasteiger partial charge in [0.25, 0.3) is 5.91 Å². The summed E-state index contributed by atoms with van der Waals surface area (Å²) in [5.41, 5.74) is 1.47. The van der Waals surface area contributed by atoms with Crippen molar-refractivity contribution < 1.29 is 14.6 Å². The van der Waals surface area contributed by atoms with Crippen LogP contribution < -0.4 is 16.3 Å². The molecule has 2 heterocycles. The van der Waals surface area contributed by atoms with Gasteiger partial charge in [-0.15, -0.1) is 0 Å². The van der Waals surface area contributed by atoms with Gasteiger partial charge in [0, 0.05) is 37.5 Å². The Bertz CT molecular complexity index is 1050. The molecule has 0 radical (unpaired) electrons. The second kappa shape index (κ2) is 12.2. The Hall–Kier alpha value is -2.13. The summed E-state index contributed by atoms with van der Waals surface area (Å²) >= 11 is 6.34. The molecule has 1 saturated heterocycles. The molecule has 1 saturated carbocycles. The quantitative estimate of drug-likeness (QED) is 0.276. The van der Waals surface area contributed by atoms with Gasteiger partial charge in [-0.3, -0.25) is 13.9 Å². The molecule has 0 spiro atoms. The Balaban J connectivity index is 1.43. The lowest BCUT2D eigenvalue weighted by Gasteiger charge is -2.22. The van der Waals surface area contributed by atoms with Gasteiger partial charge < -0.3 is 20.5 Å². The summed E-state index contributed by atoms with van der Waals surface area (Å²) in [6.07, 6.45) is 9.18. The molecule has 9 heteroatoms. The lowest BCUT2D eigenvalue weighted by atomic mass is 9.98. The minimum atomic E-state index is -0.909. The first-order valence-electron chi connectivity index (χ1n) is 12.8. The average Bonchev–Trinajstić information content (AvgIpc) is 3.34. The van der Waals surface area contributed by atoms with E-state index in [1.54, 1.807) is 29.0 Å². The maximum Gasteiger partial charge on any atom is 0.332 e. The van der Waals surface area contributed by atoms with Crippen molar-refractivity contribution in [3.05, 3.63) is 51.2 Å². The number of aliphatic hydroxyl groups excluding tert-OH is 1. The third-order valence-electron chi connectivity index (χ3n) is 7.17. The minimum Gasteiger partial charge on any atom is -0.377 e. The van der Waals surface area contributed by atoms with Crippen LogP contribution in [0.5, 0.6) is 0 Å². The molecular weight excluding hydrogens is 468 g/mol. The number of aromatic nitrogens is 2. The normalized spacial score (nSPS) is 20.0. The van der Waals surface area contributed by atoms with Crippen LogP contribution >= 0.6 is 11.6 Å². The van der Waals surface area contributed by atoms with Gasteiger partial charge in [-0.25, -0.2) is 4.79 Å². The number of imidazole rings is 1. The van der Waals surface area contributed by atoms with Crippen LogP contribution in [0.15, 0.2) is 29.2 Å². The molecule has 1 aliphatic carbocycles. The standard InChI is InChI=1S/C26H37ClN4O4/c1-18-17-31(26(34)30(18)13-6-14-35-21-11-12-28-16-21)20-9-10-23(27)22(15-20)25(33)29-24(32)19-7-4-2-3-5-8-19/h9-10,15,17,19,21,24,28,32H,2-8,11-14,16H2,1H3,(H,29,33). The van der Waals surface area contributed by atoms with Crippen molar-refractivity contribution in [2.24, 2.45) is 5.92 Å². The van der Waals surface area contributed by atoms with E-state index < -0.39 is 12.1 Å². The zero-order valence-corrected chi connectivity index (χ0v) is 21.2. The molecule has 2 unspecified atom stereocenters. The Morgan fingerprint density at radius 1 is 1.26 bits per heavy atom. The van der Waals surface area contributed by atoms with E-state index in [1.807, 2.05) is 6.92 Å². The van der Waals surface area contributed by atoms with Crippen LogP contribution in [0.3, 0.4) is 0 Å². The number of nitrogens with zero attached hydrogens (tertiary/aromatic N) is 2. The molecule has 3 N–H and O–H groups in total. The first kappa shape index (κ1) is 25.9. The molecule has 1 aliphatic heterocycles. The van der Waals surface area contributed by atoms with Crippen LogP contribution in [0.2, 0.25) is 5.02 Å². The van der Waals surface area contributed by atoms with Crippen LogP contribution in [0.1, 0.15) is 67.4 Å². The summed E-state index contributed by atoms with van der Waals surface area (Å²) in [4.78, 5) is 26.1. The van der Waals surface area contributed by atoms with Crippen molar-refractivity contribution in [3.8, 4) is 5.69 Å². The zero-order valence-electron chi connectivity index (χ0n) is 20.5. The molecule has 2 atom stereocenters. The van der Waals surface area contributed by atoms with E-state index in [9.17, 15) is 14.7 Å². The number of hydrogen-bond acceptors (Lipinski definition) is 5. The number of aryl methyl sites for hydroxylation is 1. The molecule has 2 aliphatic rings. The number of ether oxygens (including phenoxy) is 1. The predicted octanol–water partition coefficient (Wildman–Crippen LogP) is 3.39. The van der Waals surface area contributed by atoms with Crippen molar-refractivity contribution in [2.75, 3.05) is 19.7 Å². The first-order valence-corrected chi connectivity index (χ1v) is 13.2. The molecule has 4 rings (SSSR count). The zero-order chi connectivity index (χ0) is 24.8. The van der Waals surface area contributed by atoms with Crippen molar-refractivity contribution in [1.29, 1.82) is 0 Å². The monoisotopic (exact) mass is 504 g/mol. The highest BCUT2D eigenvalue weighted by Gasteiger charge is 2.24. The van der Waals surface area contributed by atoms with E-state index in [0.29, 0.717) is 18.8 Å². The Morgan fingerprint density at radius 2 is 2.03 bits per heavy atom. The highest BCUT2D eigenvalue weighted by atomic mass is 35.5. The van der Waals surface area contributed by atoms with Crippen LogP contribution in [0.25, 0.3) is 5.69 Å². The molecule has 2 aromatic rings. The predicted molar refractivity (Wildman–Crippen MR) is 136 cm³/mol. The molecule has 192 valence electrons. The first-order chi connectivity index (χ1) is 16.9. The Morgan fingerprint density at radius 3 is 2.74 bits per heavy atom. The van der Waals surface area contributed by atoms with Crippen molar-refractivity contribution in [2.45, 2.75) is 77.2 Å². The van der Waals surface area contributed by atoms with Crippen LogP contribution in [0.4, 0.5) is 0 Å². The highest BCUT2D eigenvalue weighted by Crippen LogP contribution is 2.26. The van der Waals surface area contributed by atoms with Crippen molar-refractivity contribution in [3.63, 3.8) is 0 Å². The number of benzene rings is 1. The molecule has 1 amide bonds. The summed E-state index contributed by atoms with van der Waals surface area (Å²) < 4.78 is 9.13. The molecule has 1 aromatic heterocycles. The number of aliphatic hydroxyl groups is 1. The van der Waals surface area contributed by atoms with E-state index in [4.69, 9.17) is 16.3 Å². The van der Waals surface area contributed by atoms with Gasteiger partial charge in [0.2, 0.25) is 0 Å². The maximum absolute atomic E-state index is 13.1. The van der Waals surface area contributed by atoms with E-state index in [2.05, 4.69) is 10.6 Å². The Kier molecular flexibility index (Phi) is 9.05. The maximum atomic E-state index is 13.1. The van der Waals surface area contributed by atoms with E-state index in [-0.39, 0.29) is 28.3 Å². The van der Waals surface area contributed by atoms with Gasteiger partial charge in [-0.2, -0.15) is 0 Å². The highest BCUT2D eigenvalue weighted by molar-refractivity contribution is 6.33. The van der Waals surface area contributed by atoms with Crippen LogP contribution in [-0.2, 0) is 11.3 Å². The largest absolute Gasteiger partial charge is 0.377 e. The van der Waals surface area contributed by atoms with Crippen molar-refractivity contribution in [1.82, 2.24) is 19.8 Å². The topological polar surface area (TPSA) is 97.5 Å². The van der Waals surface area contributed by atoms with E-state index >= 15 is 0 Å². The number of halogens is 1. The second-order valence-corrected chi connectivity index (χ2v) is 10.2. The van der Waals surface area contributed by atoms with Gasteiger partial charge in [-0.1, -0.05) is 37.3 Å². The summed E-state index contributed by atoms with van der Waals surface area (Å²) in [6, 6.07) is 4.95. The molecular formula is C26H37ClN4O4. The number of nitrogens with one attached hydrogen (secondary N) is 2. The third-order valence-corrected chi connectivity index (χ3v) is 7.50. The van der Waals surface area contributed by atoms with Gasteiger partial charge in [-0.05, 0) is 57.4 Å². The smallest absolute Gasteiger partial charge is 0.332 e. The van der Waals surface area contributed by atoms with Crippen LogP contribution in [-0.4, -0.2) is 52.2 Å². The summed E-state index contributed by atoms with van der Waals surface area (Å²) in [5.74, 6) is -0.382. The molecule has 1 aromatic carbocycles. The SMILES string of the molecule is Cc1cn(-c2ccc(Cl)c(C(=O)NC(O)C3CCCCCC3)c2)c(=O)n1CCCOC1CCNC1. The number of rotatable bonds is 9. The summed E-state index contributed by atoms with van der Waals surface area (Å²) in [6.45, 7) is 4.95. The summed E-state index contributed by atoms with van der Waals surface area (Å²) in [7, 11) is 0. The number of carbonyl (C=O) groups excluding carboxylic acids is 1. The second-order valence-electron chi connectivity index (χ2n) is 9.75. The number of amides is 1. The number of carbonyl (C=O) groups is 1. The van der Waals surface area contributed by atoms with Gasteiger partial charge in [0.05, 0.1) is 22.4 Å². The van der Waals surface area contributed by atoms with Crippen LogP contribution in [0, 0.1) is 12.8 Å². The van der Waals surface area contributed by atoms with E-state index in [1.165, 1.54) is 17.4 Å². The van der Waals surface area contributed by atoms with Gasteiger partial charge >= 0.3 is 5.69 Å². The van der Waals surface area contributed by atoms with E-state index in [0.717, 1.165) is 57.3 Å². The molecule has 2 fully saturated rings. The minimum absolute atomic E-state index is 0.0524. The number of hydrogen-bond donors (Lipinski definition) is 3.